The normalized spacial score (nSPS) is 9.25. The first kappa shape index (κ1) is 15.8. The molecule has 20 heavy (non-hydrogen) atoms. The average Bonchev–Trinajstić information content (AvgIpc) is 2.49. The zero-order chi connectivity index (χ0) is 15.0. The Hall–Kier alpha value is -2.30. The number of ether oxygens (including phenoxy) is 2. The monoisotopic (exact) mass is 275 g/mol. The van der Waals surface area contributed by atoms with Gasteiger partial charge in [0.1, 0.15) is 11.5 Å². The summed E-state index contributed by atoms with van der Waals surface area (Å²) in [5.41, 5.74) is 1.72. The summed E-state index contributed by atoms with van der Waals surface area (Å²) >= 11 is 0. The van der Waals surface area contributed by atoms with Crippen molar-refractivity contribution in [3.05, 3.63) is 36.2 Å². The highest BCUT2D eigenvalue weighted by molar-refractivity contribution is 5.59. The van der Waals surface area contributed by atoms with Crippen LogP contribution in [0.4, 0.5) is 11.6 Å². The van der Waals surface area contributed by atoms with Crippen LogP contribution in [0.1, 0.15) is 19.5 Å². The smallest absolute Gasteiger partial charge is 0.227 e. The molecule has 1 N–H and O–H groups in total. The molecular weight excluding hydrogens is 254 g/mol. The molecule has 2 rings (SSSR count). The van der Waals surface area contributed by atoms with Gasteiger partial charge in [0.05, 0.1) is 14.2 Å². The molecule has 0 aliphatic rings. The van der Waals surface area contributed by atoms with Gasteiger partial charge in [-0.3, -0.25) is 0 Å². The van der Waals surface area contributed by atoms with Crippen molar-refractivity contribution in [2.75, 3.05) is 19.5 Å². The van der Waals surface area contributed by atoms with Gasteiger partial charge in [0, 0.05) is 35.8 Å². The van der Waals surface area contributed by atoms with E-state index in [-0.39, 0.29) is 0 Å². The first-order valence-electron chi connectivity index (χ1n) is 6.51. The van der Waals surface area contributed by atoms with Gasteiger partial charge in [0.2, 0.25) is 5.95 Å². The molecule has 5 heteroatoms. The lowest BCUT2D eigenvalue weighted by Gasteiger charge is -2.09. The summed E-state index contributed by atoms with van der Waals surface area (Å²) in [5.74, 6) is 1.97. The third-order valence-electron chi connectivity index (χ3n) is 2.40. The topological polar surface area (TPSA) is 56.3 Å². The van der Waals surface area contributed by atoms with Crippen molar-refractivity contribution in [3.8, 4) is 11.5 Å². The van der Waals surface area contributed by atoms with Gasteiger partial charge in [-0.2, -0.15) is 0 Å². The molecule has 0 radical (unpaired) electrons. The zero-order valence-electron chi connectivity index (χ0n) is 12.6. The van der Waals surface area contributed by atoms with Gasteiger partial charge in [0.15, 0.2) is 0 Å². The Morgan fingerprint density at radius 2 is 1.60 bits per heavy atom. The molecule has 5 nitrogen and oxygen atoms in total. The van der Waals surface area contributed by atoms with Crippen LogP contribution in [0, 0.1) is 6.92 Å². The van der Waals surface area contributed by atoms with Crippen LogP contribution < -0.4 is 14.8 Å². The number of hydrogen-bond acceptors (Lipinski definition) is 5. The minimum Gasteiger partial charge on any atom is -0.497 e. The Bertz CT molecular complexity index is 522. The van der Waals surface area contributed by atoms with E-state index in [0.717, 1.165) is 11.4 Å². The molecule has 0 aliphatic heterocycles. The second kappa shape index (κ2) is 7.99. The summed E-state index contributed by atoms with van der Waals surface area (Å²) in [5, 5.41) is 3.11. The molecule has 0 fully saturated rings. The van der Waals surface area contributed by atoms with E-state index >= 15 is 0 Å². The molecule has 0 spiro atoms. The van der Waals surface area contributed by atoms with Crippen molar-refractivity contribution in [2.45, 2.75) is 20.8 Å². The minimum atomic E-state index is 0.547. The number of nitrogens with one attached hydrogen (secondary N) is 1. The second-order valence-corrected chi connectivity index (χ2v) is 3.75. The van der Waals surface area contributed by atoms with Crippen LogP contribution in [-0.2, 0) is 0 Å². The van der Waals surface area contributed by atoms with Crippen LogP contribution in [0.2, 0.25) is 0 Å². The Labute approximate surface area is 120 Å². The highest BCUT2D eigenvalue weighted by atomic mass is 16.5. The van der Waals surface area contributed by atoms with Crippen molar-refractivity contribution in [1.82, 2.24) is 9.97 Å². The Kier molecular flexibility index (Phi) is 6.29. The van der Waals surface area contributed by atoms with E-state index in [0.29, 0.717) is 17.4 Å². The lowest BCUT2D eigenvalue weighted by atomic mass is 10.3. The molecule has 0 amide bonds. The molecule has 1 heterocycles. The van der Waals surface area contributed by atoms with Crippen LogP contribution in [0.3, 0.4) is 0 Å². The fourth-order valence-corrected chi connectivity index (χ4v) is 1.52. The van der Waals surface area contributed by atoms with E-state index in [4.69, 9.17) is 9.47 Å². The summed E-state index contributed by atoms with van der Waals surface area (Å²) in [6.07, 6.45) is 1.71. The van der Waals surface area contributed by atoms with E-state index < -0.39 is 0 Å². The van der Waals surface area contributed by atoms with E-state index in [1.807, 2.05) is 45.0 Å². The average molecular weight is 275 g/mol. The van der Waals surface area contributed by atoms with Crippen LogP contribution in [-0.4, -0.2) is 24.2 Å². The van der Waals surface area contributed by atoms with Crippen molar-refractivity contribution in [3.63, 3.8) is 0 Å². The third-order valence-corrected chi connectivity index (χ3v) is 2.40. The number of rotatable bonds is 4. The molecule has 2 aromatic rings. The Morgan fingerprint density at radius 1 is 1.00 bits per heavy atom. The lowest BCUT2D eigenvalue weighted by Crippen LogP contribution is -1.98. The number of benzene rings is 1. The van der Waals surface area contributed by atoms with E-state index in [1.54, 1.807) is 20.4 Å². The van der Waals surface area contributed by atoms with E-state index in [2.05, 4.69) is 15.3 Å². The summed E-state index contributed by atoms with van der Waals surface area (Å²) in [6.45, 7) is 5.92. The maximum Gasteiger partial charge on any atom is 0.227 e. The Balaban J connectivity index is 0.000000956. The first-order chi connectivity index (χ1) is 9.71. The van der Waals surface area contributed by atoms with Crippen LogP contribution in [0.25, 0.3) is 0 Å². The zero-order valence-corrected chi connectivity index (χ0v) is 12.6. The van der Waals surface area contributed by atoms with E-state index in [1.165, 1.54) is 0 Å². The molecule has 0 aliphatic carbocycles. The maximum atomic E-state index is 5.20. The number of aromatic nitrogens is 2. The summed E-state index contributed by atoms with van der Waals surface area (Å²) in [6, 6.07) is 7.36. The van der Waals surface area contributed by atoms with Crippen molar-refractivity contribution in [1.29, 1.82) is 0 Å². The van der Waals surface area contributed by atoms with Crippen molar-refractivity contribution >= 4 is 11.6 Å². The van der Waals surface area contributed by atoms with Crippen LogP contribution in [0.5, 0.6) is 11.5 Å². The SMILES string of the molecule is CC.COc1cc(Nc2nccc(C)n2)cc(OC)c1. The van der Waals surface area contributed by atoms with E-state index in [9.17, 15) is 0 Å². The molecule has 0 bridgehead atoms. The molecular formula is C15H21N3O2. The highest BCUT2D eigenvalue weighted by Gasteiger charge is 2.03. The number of methoxy groups -OCH3 is 2. The van der Waals surface area contributed by atoms with Gasteiger partial charge in [-0.25, -0.2) is 9.97 Å². The third kappa shape index (κ3) is 4.42. The molecule has 0 saturated carbocycles. The van der Waals surface area contributed by atoms with Gasteiger partial charge >= 0.3 is 0 Å². The summed E-state index contributed by atoms with van der Waals surface area (Å²) < 4.78 is 10.4. The van der Waals surface area contributed by atoms with Gasteiger partial charge in [0.25, 0.3) is 0 Å². The predicted molar refractivity (Wildman–Crippen MR) is 80.9 cm³/mol. The molecule has 0 atom stereocenters. The Morgan fingerprint density at radius 3 is 2.10 bits per heavy atom. The predicted octanol–water partition coefficient (Wildman–Crippen LogP) is 3.57. The largest absolute Gasteiger partial charge is 0.497 e. The quantitative estimate of drug-likeness (QED) is 0.924. The molecule has 0 unspecified atom stereocenters. The molecule has 0 saturated heterocycles. The van der Waals surface area contributed by atoms with Crippen molar-refractivity contribution < 1.29 is 9.47 Å². The van der Waals surface area contributed by atoms with Crippen molar-refractivity contribution in [2.24, 2.45) is 0 Å². The maximum absolute atomic E-state index is 5.20. The molecule has 1 aromatic heterocycles. The highest BCUT2D eigenvalue weighted by Crippen LogP contribution is 2.27. The van der Waals surface area contributed by atoms with Crippen LogP contribution >= 0.6 is 0 Å². The van der Waals surface area contributed by atoms with Gasteiger partial charge < -0.3 is 14.8 Å². The summed E-state index contributed by atoms with van der Waals surface area (Å²) in [4.78, 5) is 8.42. The minimum absolute atomic E-state index is 0.547. The molecule has 108 valence electrons. The number of nitrogens with zero attached hydrogens (tertiary/aromatic N) is 2. The van der Waals surface area contributed by atoms with Crippen LogP contribution in [0.15, 0.2) is 30.5 Å². The fraction of sp³-hybridized carbons (Fsp3) is 0.333. The second-order valence-electron chi connectivity index (χ2n) is 3.75. The summed E-state index contributed by atoms with van der Waals surface area (Å²) in [7, 11) is 3.23. The molecule has 1 aromatic carbocycles. The first-order valence-corrected chi connectivity index (χ1v) is 6.51. The fourth-order valence-electron chi connectivity index (χ4n) is 1.52. The number of anilines is 2. The number of aryl methyl sites for hydroxylation is 1. The van der Waals surface area contributed by atoms with Gasteiger partial charge in [-0.1, -0.05) is 13.8 Å². The van der Waals surface area contributed by atoms with Gasteiger partial charge in [-0.05, 0) is 13.0 Å². The lowest BCUT2D eigenvalue weighted by molar-refractivity contribution is 0.395. The number of hydrogen-bond donors (Lipinski definition) is 1. The standard InChI is InChI=1S/C13H15N3O2.C2H6/c1-9-4-5-14-13(15-9)16-10-6-11(17-2)8-12(7-10)18-3;1-2/h4-8H,1-3H3,(H,14,15,16);1-2H3. The van der Waals surface area contributed by atoms with Gasteiger partial charge in [-0.15, -0.1) is 0 Å².